The highest BCUT2D eigenvalue weighted by Gasteiger charge is 2.21. The Bertz CT molecular complexity index is 185. The lowest BCUT2D eigenvalue weighted by Gasteiger charge is -2.30. The number of piperidine rings is 1. The zero-order valence-electron chi connectivity index (χ0n) is 9.01. The topological polar surface area (TPSA) is 50.4 Å². The van der Waals surface area contributed by atoms with Crippen LogP contribution in [0.5, 0.6) is 0 Å². The van der Waals surface area contributed by atoms with Crippen molar-refractivity contribution in [3.8, 4) is 0 Å². The van der Waals surface area contributed by atoms with Crippen LogP contribution in [0.1, 0.15) is 26.2 Å². The highest BCUT2D eigenvalue weighted by atomic mass is 16.5. The van der Waals surface area contributed by atoms with Crippen LogP contribution in [0.2, 0.25) is 0 Å². The van der Waals surface area contributed by atoms with Crippen LogP contribution in [-0.2, 0) is 9.53 Å². The van der Waals surface area contributed by atoms with E-state index in [9.17, 15) is 4.79 Å². The lowest BCUT2D eigenvalue weighted by molar-refractivity contribution is -0.123. The first kappa shape index (κ1) is 11.5. The molecule has 1 aliphatic heterocycles. The minimum atomic E-state index is 0.0902. The number of carbonyl (C=O) groups is 1. The molecule has 1 fully saturated rings. The maximum absolute atomic E-state index is 11.4. The summed E-state index contributed by atoms with van der Waals surface area (Å²) in [6.45, 7) is 3.67. The molecule has 0 radical (unpaired) electrons. The molecule has 1 amide bonds. The molecule has 0 bridgehead atoms. The van der Waals surface area contributed by atoms with Gasteiger partial charge >= 0.3 is 0 Å². The minimum absolute atomic E-state index is 0.0902. The monoisotopic (exact) mass is 200 g/mol. The smallest absolute Gasteiger partial charge is 0.222 e. The Balaban J connectivity index is 2.23. The molecular weight excluding hydrogens is 180 g/mol. The van der Waals surface area contributed by atoms with Crippen LogP contribution in [0.25, 0.3) is 0 Å². The molecule has 1 aliphatic rings. The van der Waals surface area contributed by atoms with Gasteiger partial charge in [0, 0.05) is 25.6 Å². The summed E-state index contributed by atoms with van der Waals surface area (Å²) in [5, 5.41) is 6.37. The van der Waals surface area contributed by atoms with E-state index in [4.69, 9.17) is 4.74 Å². The van der Waals surface area contributed by atoms with Crippen molar-refractivity contribution in [2.45, 2.75) is 38.3 Å². The van der Waals surface area contributed by atoms with E-state index in [1.807, 2.05) is 0 Å². The Hall–Kier alpha value is -0.610. The molecule has 0 aromatic rings. The van der Waals surface area contributed by atoms with Gasteiger partial charge in [-0.15, -0.1) is 0 Å². The maximum Gasteiger partial charge on any atom is 0.222 e. The van der Waals surface area contributed by atoms with E-state index >= 15 is 0 Å². The van der Waals surface area contributed by atoms with Crippen molar-refractivity contribution in [2.75, 3.05) is 20.3 Å². The van der Waals surface area contributed by atoms with Crippen molar-refractivity contribution in [3.05, 3.63) is 0 Å². The lowest BCUT2D eigenvalue weighted by atomic mass is 10.00. The van der Waals surface area contributed by atoms with Gasteiger partial charge in [0.15, 0.2) is 0 Å². The van der Waals surface area contributed by atoms with Crippen molar-refractivity contribution in [3.63, 3.8) is 0 Å². The summed E-state index contributed by atoms with van der Waals surface area (Å²) in [7, 11) is 1.61. The van der Waals surface area contributed by atoms with E-state index in [1.165, 1.54) is 0 Å². The predicted octanol–water partition coefficient (Wildman–Crippen LogP) is 0.280. The number of hydrogen-bond acceptors (Lipinski definition) is 3. The molecule has 0 aromatic carbocycles. The van der Waals surface area contributed by atoms with Crippen LogP contribution in [-0.4, -0.2) is 38.3 Å². The molecule has 0 aromatic heterocycles. The van der Waals surface area contributed by atoms with Crippen LogP contribution < -0.4 is 10.6 Å². The van der Waals surface area contributed by atoms with E-state index in [0.717, 1.165) is 19.4 Å². The molecule has 1 heterocycles. The van der Waals surface area contributed by atoms with Crippen molar-refractivity contribution in [1.29, 1.82) is 0 Å². The summed E-state index contributed by atoms with van der Waals surface area (Å²) < 4.78 is 4.85. The Morgan fingerprint density at radius 1 is 1.64 bits per heavy atom. The fraction of sp³-hybridized carbons (Fsp3) is 0.900. The maximum atomic E-state index is 11.4. The predicted molar refractivity (Wildman–Crippen MR) is 55.1 cm³/mol. The standard InChI is InChI=1S/C10H20N2O2/c1-8-9(4-3-6-11-8)12-10(13)5-7-14-2/h8-9,11H,3-7H2,1-2H3,(H,12,13). The molecule has 82 valence electrons. The van der Waals surface area contributed by atoms with Gasteiger partial charge in [0.2, 0.25) is 5.91 Å². The average Bonchev–Trinajstić information content (AvgIpc) is 2.18. The number of carbonyl (C=O) groups excluding carboxylic acids is 1. The van der Waals surface area contributed by atoms with Crippen LogP contribution in [0, 0.1) is 0 Å². The molecule has 1 saturated heterocycles. The number of methoxy groups -OCH3 is 1. The largest absolute Gasteiger partial charge is 0.384 e. The SMILES string of the molecule is COCCC(=O)NC1CCCNC1C. The van der Waals surface area contributed by atoms with Gasteiger partial charge in [-0.05, 0) is 26.3 Å². The van der Waals surface area contributed by atoms with Gasteiger partial charge in [-0.1, -0.05) is 0 Å². The van der Waals surface area contributed by atoms with Gasteiger partial charge in [0.25, 0.3) is 0 Å². The van der Waals surface area contributed by atoms with Crippen molar-refractivity contribution < 1.29 is 9.53 Å². The summed E-state index contributed by atoms with van der Waals surface area (Å²) in [4.78, 5) is 11.4. The number of hydrogen-bond donors (Lipinski definition) is 2. The van der Waals surface area contributed by atoms with Gasteiger partial charge in [-0.25, -0.2) is 0 Å². The molecule has 1 rings (SSSR count). The van der Waals surface area contributed by atoms with Gasteiger partial charge in [0.1, 0.15) is 0 Å². The summed E-state index contributed by atoms with van der Waals surface area (Å²) in [6.07, 6.45) is 2.67. The number of amides is 1. The van der Waals surface area contributed by atoms with Gasteiger partial charge in [-0.3, -0.25) is 4.79 Å². The van der Waals surface area contributed by atoms with Crippen LogP contribution in [0.15, 0.2) is 0 Å². The number of nitrogens with one attached hydrogen (secondary N) is 2. The van der Waals surface area contributed by atoms with Crippen LogP contribution in [0.3, 0.4) is 0 Å². The first-order valence-electron chi connectivity index (χ1n) is 5.25. The summed E-state index contributed by atoms with van der Waals surface area (Å²) in [5.74, 6) is 0.0902. The Morgan fingerprint density at radius 2 is 2.43 bits per heavy atom. The molecule has 0 spiro atoms. The van der Waals surface area contributed by atoms with Crippen molar-refractivity contribution in [2.24, 2.45) is 0 Å². The fourth-order valence-corrected chi connectivity index (χ4v) is 1.71. The average molecular weight is 200 g/mol. The third kappa shape index (κ3) is 3.64. The van der Waals surface area contributed by atoms with Gasteiger partial charge in [0.05, 0.1) is 6.61 Å². The molecule has 4 nitrogen and oxygen atoms in total. The molecule has 4 heteroatoms. The van der Waals surface area contributed by atoms with E-state index < -0.39 is 0 Å². The van der Waals surface area contributed by atoms with Gasteiger partial charge < -0.3 is 15.4 Å². The first-order chi connectivity index (χ1) is 6.74. The Morgan fingerprint density at radius 3 is 3.07 bits per heavy atom. The number of ether oxygens (including phenoxy) is 1. The fourth-order valence-electron chi connectivity index (χ4n) is 1.71. The Kier molecular flexibility index (Phi) is 4.90. The molecule has 2 unspecified atom stereocenters. The first-order valence-corrected chi connectivity index (χ1v) is 5.25. The number of rotatable bonds is 4. The van der Waals surface area contributed by atoms with E-state index in [1.54, 1.807) is 7.11 Å². The zero-order chi connectivity index (χ0) is 10.4. The highest BCUT2D eigenvalue weighted by molar-refractivity contribution is 5.76. The van der Waals surface area contributed by atoms with E-state index in [0.29, 0.717) is 19.1 Å². The molecule has 14 heavy (non-hydrogen) atoms. The second-order valence-electron chi connectivity index (χ2n) is 3.80. The second-order valence-corrected chi connectivity index (χ2v) is 3.80. The molecule has 0 saturated carbocycles. The molecule has 0 aliphatic carbocycles. The zero-order valence-corrected chi connectivity index (χ0v) is 9.01. The molecular formula is C10H20N2O2. The van der Waals surface area contributed by atoms with Crippen LogP contribution in [0.4, 0.5) is 0 Å². The lowest BCUT2D eigenvalue weighted by Crippen LogP contribution is -2.52. The normalized spacial score (nSPS) is 27.3. The minimum Gasteiger partial charge on any atom is -0.384 e. The Labute approximate surface area is 85.4 Å². The van der Waals surface area contributed by atoms with Crippen molar-refractivity contribution in [1.82, 2.24) is 10.6 Å². The van der Waals surface area contributed by atoms with E-state index in [2.05, 4.69) is 17.6 Å². The third-order valence-electron chi connectivity index (χ3n) is 2.64. The molecule has 2 atom stereocenters. The summed E-state index contributed by atoms with van der Waals surface area (Å²) in [5.41, 5.74) is 0. The molecule has 2 N–H and O–H groups in total. The second kappa shape index (κ2) is 5.98. The summed E-state index contributed by atoms with van der Waals surface area (Å²) >= 11 is 0. The highest BCUT2D eigenvalue weighted by Crippen LogP contribution is 2.08. The van der Waals surface area contributed by atoms with E-state index in [-0.39, 0.29) is 11.9 Å². The van der Waals surface area contributed by atoms with Gasteiger partial charge in [-0.2, -0.15) is 0 Å². The van der Waals surface area contributed by atoms with Crippen LogP contribution >= 0.6 is 0 Å². The van der Waals surface area contributed by atoms with Crippen molar-refractivity contribution >= 4 is 5.91 Å². The summed E-state index contributed by atoms with van der Waals surface area (Å²) in [6, 6.07) is 0.670. The quantitative estimate of drug-likeness (QED) is 0.685. The third-order valence-corrected chi connectivity index (χ3v) is 2.64.